The van der Waals surface area contributed by atoms with E-state index in [9.17, 15) is 19.2 Å². The summed E-state index contributed by atoms with van der Waals surface area (Å²) in [7, 11) is 0. The summed E-state index contributed by atoms with van der Waals surface area (Å²) in [4.78, 5) is 48.7. The van der Waals surface area contributed by atoms with Crippen molar-refractivity contribution in [3.05, 3.63) is 34.9 Å². The van der Waals surface area contributed by atoms with Crippen LogP contribution >= 0.6 is 0 Å². The third kappa shape index (κ3) is 6.26. The van der Waals surface area contributed by atoms with E-state index in [0.717, 1.165) is 0 Å². The lowest BCUT2D eigenvalue weighted by Gasteiger charge is -2.32. The molecule has 4 atom stereocenters. The summed E-state index contributed by atoms with van der Waals surface area (Å²) in [6, 6.07) is 5.16. The normalized spacial score (nSPS) is 20.3. The number of hydrogen-bond acceptors (Lipinski definition) is 6. The summed E-state index contributed by atoms with van der Waals surface area (Å²) in [5, 5.41) is 0. The molecule has 0 radical (unpaired) electrons. The second-order valence-electron chi connectivity index (χ2n) is 8.26. The first-order valence-corrected chi connectivity index (χ1v) is 11.6. The van der Waals surface area contributed by atoms with Crippen LogP contribution in [-0.4, -0.2) is 23.9 Å². The first-order chi connectivity index (χ1) is 19.5. The van der Waals surface area contributed by atoms with E-state index in [4.69, 9.17) is 15.9 Å². The highest BCUT2D eigenvalue weighted by Gasteiger charge is 2.53. The van der Waals surface area contributed by atoms with Gasteiger partial charge in [0.2, 0.25) is 0 Å². The van der Waals surface area contributed by atoms with Gasteiger partial charge in [-0.25, -0.2) is 0 Å². The number of carbonyl (C=O) groups excluding carboxylic acids is 4. The molecule has 2 aliphatic heterocycles. The maximum Gasteiger partial charge on any atom is 0.321 e. The number of fused-ring (bicyclic) bond motifs is 3. The van der Waals surface area contributed by atoms with Gasteiger partial charge in [-0.15, -0.1) is 6.42 Å². The molecular weight excluding hydrogens is 504 g/mol. The first-order valence-electron chi connectivity index (χ1n) is 11.6. The van der Waals surface area contributed by atoms with Crippen LogP contribution in [0.25, 0.3) is 0 Å². The zero-order chi connectivity index (χ0) is 28.3. The minimum Gasteiger partial charge on any atom is -0.393 e. The minimum atomic E-state index is -0.792. The van der Waals surface area contributed by atoms with Gasteiger partial charge in [0.15, 0.2) is 0 Å². The van der Waals surface area contributed by atoms with Crippen LogP contribution in [0.1, 0.15) is 41.4 Å². The fraction of sp³-hybridized carbons (Fsp3) is 0.176. The average molecular weight is 516 g/mol. The number of esters is 4. The molecule has 40 heavy (non-hydrogen) atoms. The van der Waals surface area contributed by atoms with Crippen LogP contribution < -0.4 is 0 Å². The van der Waals surface area contributed by atoms with Crippen molar-refractivity contribution in [3.8, 4) is 107 Å². The van der Waals surface area contributed by atoms with E-state index in [0.29, 0.717) is 16.7 Å². The van der Waals surface area contributed by atoms with Gasteiger partial charge in [-0.05, 0) is 130 Å². The monoisotopic (exact) mass is 516 g/mol. The Morgan fingerprint density at radius 3 is 1.70 bits per heavy atom. The first kappa shape index (κ1) is 26.6. The maximum atomic E-state index is 12.5. The van der Waals surface area contributed by atoms with Crippen molar-refractivity contribution in [2.24, 2.45) is 11.8 Å². The average Bonchev–Trinajstić information content (AvgIpc) is 3.43. The zero-order valence-electron chi connectivity index (χ0n) is 20.5. The molecule has 1 aliphatic carbocycles. The summed E-state index contributed by atoms with van der Waals surface area (Å²) < 4.78 is 9.61. The Bertz CT molecular complexity index is 1910. The van der Waals surface area contributed by atoms with E-state index >= 15 is 0 Å². The molecule has 0 spiro atoms. The molecule has 184 valence electrons. The van der Waals surface area contributed by atoms with Gasteiger partial charge in [0, 0.05) is 5.56 Å². The van der Waals surface area contributed by atoms with Gasteiger partial charge in [-0.1, -0.05) is 12.0 Å². The second-order valence-corrected chi connectivity index (χ2v) is 8.26. The van der Waals surface area contributed by atoms with Crippen LogP contribution in [0.3, 0.4) is 0 Å². The third-order valence-corrected chi connectivity index (χ3v) is 6.03. The Hall–Kier alpha value is -6.46. The molecule has 2 saturated heterocycles. The van der Waals surface area contributed by atoms with Crippen LogP contribution in [0, 0.1) is 119 Å². The molecule has 0 saturated carbocycles. The Balaban J connectivity index is 1.47. The third-order valence-electron chi connectivity index (χ3n) is 6.03. The molecule has 2 fully saturated rings. The Kier molecular flexibility index (Phi) is 8.43. The maximum absolute atomic E-state index is 12.5. The number of hydrogen-bond donors (Lipinski definition) is 0. The van der Waals surface area contributed by atoms with Gasteiger partial charge in [0.25, 0.3) is 0 Å². The number of cyclic esters (lactones) is 4. The van der Waals surface area contributed by atoms with Gasteiger partial charge in [0.05, 0.1) is 24.2 Å². The molecule has 0 aromatic heterocycles. The number of carbonyl (C=O) groups is 4. The summed E-state index contributed by atoms with van der Waals surface area (Å²) in [6.45, 7) is 0. The van der Waals surface area contributed by atoms with Crippen molar-refractivity contribution in [3.63, 3.8) is 0 Å². The van der Waals surface area contributed by atoms with E-state index in [1.165, 1.54) is 0 Å². The largest absolute Gasteiger partial charge is 0.393 e. The molecule has 1 aromatic carbocycles. The topological polar surface area (TPSA) is 86.7 Å². The fourth-order valence-electron chi connectivity index (χ4n) is 4.50. The Morgan fingerprint density at radius 1 is 0.600 bits per heavy atom. The lowest BCUT2D eigenvalue weighted by molar-refractivity contribution is -0.155. The lowest BCUT2D eigenvalue weighted by Crippen LogP contribution is -2.31. The van der Waals surface area contributed by atoms with Crippen molar-refractivity contribution >= 4 is 23.9 Å². The predicted octanol–water partition coefficient (Wildman–Crippen LogP) is 1.06. The minimum absolute atomic E-state index is 0.0774. The smallest absolute Gasteiger partial charge is 0.321 e. The van der Waals surface area contributed by atoms with E-state index < -0.39 is 47.5 Å². The zero-order valence-corrected chi connectivity index (χ0v) is 20.5. The van der Waals surface area contributed by atoms with Crippen molar-refractivity contribution in [1.29, 1.82) is 0 Å². The predicted molar refractivity (Wildman–Crippen MR) is 140 cm³/mol. The molecule has 4 rings (SSSR count). The lowest BCUT2D eigenvalue weighted by atomic mass is 9.67. The van der Waals surface area contributed by atoms with Gasteiger partial charge < -0.3 is 9.47 Å². The highest BCUT2D eigenvalue weighted by atomic mass is 16.6. The van der Waals surface area contributed by atoms with E-state index in [1.807, 2.05) is 0 Å². The van der Waals surface area contributed by atoms with Crippen molar-refractivity contribution < 1.29 is 28.7 Å². The number of benzene rings is 1. The van der Waals surface area contributed by atoms with Gasteiger partial charge in [-0.3, -0.25) is 19.2 Å². The molecule has 0 amide bonds. The molecule has 1 aromatic rings. The summed E-state index contributed by atoms with van der Waals surface area (Å²) in [5.41, 5.74) is 1.79. The van der Waals surface area contributed by atoms with Gasteiger partial charge in [-0.2, -0.15) is 0 Å². The van der Waals surface area contributed by atoms with Crippen LogP contribution in [0.4, 0.5) is 0 Å². The summed E-state index contributed by atoms with van der Waals surface area (Å²) in [5.74, 6) is 37.1. The van der Waals surface area contributed by atoms with Crippen LogP contribution in [0.5, 0.6) is 0 Å². The summed E-state index contributed by atoms with van der Waals surface area (Å²) >= 11 is 0. The van der Waals surface area contributed by atoms with Gasteiger partial charge in [0.1, 0.15) is 0 Å². The highest BCUT2D eigenvalue weighted by Crippen LogP contribution is 2.51. The number of terminal acetylenes is 1. The van der Waals surface area contributed by atoms with Gasteiger partial charge >= 0.3 is 23.9 Å². The quantitative estimate of drug-likeness (QED) is 0.315. The standard InChI is InChI=1S/C34H12O6/c1-2-3-4-5-6-7-8-9-10-11-12-13-14-15-16-17-18-24-19-20-25-26(28-23-30(35)39-32(28)36)22-29-31(27(25)21-24)34(38)40-33(29)37/h1,19-21,26,28-29,31H,22-23H2. The molecular formula is C34H12O6. The molecule has 0 bridgehead atoms. The molecule has 0 N–H and O–H groups in total. The second kappa shape index (κ2) is 12.7. The Morgan fingerprint density at radius 2 is 1.15 bits per heavy atom. The highest BCUT2D eigenvalue weighted by molar-refractivity contribution is 6.01. The van der Waals surface area contributed by atoms with Crippen molar-refractivity contribution in [2.45, 2.75) is 24.7 Å². The van der Waals surface area contributed by atoms with Crippen LogP contribution in [-0.2, 0) is 28.7 Å². The number of ether oxygens (including phenoxy) is 2. The fourth-order valence-corrected chi connectivity index (χ4v) is 4.50. The summed E-state index contributed by atoms with van der Waals surface area (Å²) in [6.07, 6.45) is 5.08. The molecule has 2 heterocycles. The van der Waals surface area contributed by atoms with Crippen molar-refractivity contribution in [2.75, 3.05) is 0 Å². The molecule has 3 aliphatic rings. The van der Waals surface area contributed by atoms with E-state index in [-0.39, 0.29) is 12.8 Å². The molecule has 6 nitrogen and oxygen atoms in total. The van der Waals surface area contributed by atoms with Crippen molar-refractivity contribution in [1.82, 2.24) is 0 Å². The molecule has 4 unspecified atom stereocenters. The van der Waals surface area contributed by atoms with E-state index in [1.54, 1.807) is 18.2 Å². The Labute approximate surface area is 230 Å². The molecule has 6 heteroatoms. The SMILES string of the molecule is C#CC#CC#CC#CC#CC#CC#CC#CC#Cc1ccc2c(c1)C1C(=O)OC(=O)C1CC2C1CC(=O)OC1=O. The van der Waals surface area contributed by atoms with Crippen LogP contribution in [0.15, 0.2) is 18.2 Å². The van der Waals surface area contributed by atoms with E-state index in [2.05, 4.69) is 101 Å². The number of rotatable bonds is 1. The van der Waals surface area contributed by atoms with Crippen LogP contribution in [0.2, 0.25) is 0 Å².